The summed E-state index contributed by atoms with van der Waals surface area (Å²) >= 11 is 0. The lowest BCUT2D eigenvalue weighted by Crippen LogP contribution is -2.50. The predicted molar refractivity (Wildman–Crippen MR) is 99.0 cm³/mol. The van der Waals surface area contributed by atoms with E-state index in [9.17, 15) is 0 Å². The van der Waals surface area contributed by atoms with Crippen LogP contribution in [0.15, 0.2) is 4.99 Å². The maximum absolute atomic E-state index is 5.59. The monoisotopic (exact) mass is 326 g/mol. The van der Waals surface area contributed by atoms with Crippen LogP contribution in [0.1, 0.15) is 47.5 Å². The Bertz CT molecular complexity index is 357. The zero-order chi connectivity index (χ0) is 17.5. The van der Waals surface area contributed by atoms with Gasteiger partial charge in [0, 0.05) is 33.3 Å². The van der Waals surface area contributed by atoms with Crippen LogP contribution in [0.2, 0.25) is 0 Å². The van der Waals surface area contributed by atoms with Crippen LogP contribution >= 0.6 is 0 Å². The van der Waals surface area contributed by atoms with Gasteiger partial charge in [-0.2, -0.15) is 0 Å². The second kappa shape index (κ2) is 9.48. The highest BCUT2D eigenvalue weighted by molar-refractivity contribution is 5.79. The van der Waals surface area contributed by atoms with E-state index in [1.54, 1.807) is 7.11 Å². The third-order valence-electron chi connectivity index (χ3n) is 4.94. The Morgan fingerprint density at radius 2 is 1.78 bits per heavy atom. The molecule has 23 heavy (non-hydrogen) atoms. The van der Waals surface area contributed by atoms with Crippen molar-refractivity contribution in [1.29, 1.82) is 0 Å². The molecule has 1 aliphatic heterocycles. The molecule has 1 saturated heterocycles. The lowest BCUT2D eigenvalue weighted by atomic mass is 9.89. The number of ether oxygens (including phenoxy) is 1. The first-order valence-corrected chi connectivity index (χ1v) is 8.99. The molecular formula is C18H38N4O. The summed E-state index contributed by atoms with van der Waals surface area (Å²) in [6, 6.07) is 0.530. The minimum atomic E-state index is 0.110. The molecule has 1 fully saturated rings. The summed E-state index contributed by atoms with van der Waals surface area (Å²) in [6.07, 6.45) is 2.79. The molecule has 0 aromatic carbocycles. The topological polar surface area (TPSA) is 48.9 Å². The van der Waals surface area contributed by atoms with Crippen molar-refractivity contribution in [3.05, 3.63) is 0 Å². The van der Waals surface area contributed by atoms with Gasteiger partial charge in [-0.25, -0.2) is 0 Å². The average molecular weight is 327 g/mol. The third-order valence-corrected chi connectivity index (χ3v) is 4.94. The van der Waals surface area contributed by atoms with E-state index in [2.05, 4.69) is 55.1 Å². The standard InChI is InChI=1S/C18H38N4O/c1-14-8-10-22(11-9-14)15(2)12-20-17(19-6)21-13-16(23-7)18(3,4)5/h14-16H,8-13H2,1-7H3,(H2,19,20,21). The fourth-order valence-electron chi connectivity index (χ4n) is 3.00. The van der Waals surface area contributed by atoms with E-state index in [1.807, 2.05) is 7.05 Å². The van der Waals surface area contributed by atoms with E-state index in [1.165, 1.54) is 25.9 Å². The fourth-order valence-corrected chi connectivity index (χ4v) is 3.00. The molecule has 1 aliphatic rings. The molecule has 0 bridgehead atoms. The maximum atomic E-state index is 5.59. The molecule has 2 atom stereocenters. The van der Waals surface area contributed by atoms with Crippen LogP contribution in [0, 0.1) is 11.3 Å². The van der Waals surface area contributed by atoms with Crippen molar-refractivity contribution in [2.45, 2.75) is 59.6 Å². The zero-order valence-electron chi connectivity index (χ0n) is 16.3. The normalized spacial score (nSPS) is 21.1. The number of nitrogens with one attached hydrogen (secondary N) is 2. The van der Waals surface area contributed by atoms with Crippen LogP contribution in [0.4, 0.5) is 0 Å². The number of rotatable bonds is 6. The van der Waals surface area contributed by atoms with Crippen LogP contribution in [-0.2, 0) is 4.74 Å². The zero-order valence-corrected chi connectivity index (χ0v) is 16.3. The van der Waals surface area contributed by atoms with E-state index in [0.717, 1.165) is 25.0 Å². The number of likely N-dealkylation sites (tertiary alicyclic amines) is 1. The quantitative estimate of drug-likeness (QED) is 0.581. The van der Waals surface area contributed by atoms with Gasteiger partial charge in [0.15, 0.2) is 5.96 Å². The van der Waals surface area contributed by atoms with Gasteiger partial charge in [0.05, 0.1) is 6.10 Å². The van der Waals surface area contributed by atoms with Crippen LogP contribution in [0.25, 0.3) is 0 Å². The molecule has 0 saturated carbocycles. The summed E-state index contributed by atoms with van der Waals surface area (Å²) < 4.78 is 5.59. The second-order valence-corrected chi connectivity index (χ2v) is 7.99. The van der Waals surface area contributed by atoms with Crippen molar-refractivity contribution in [3.8, 4) is 0 Å². The highest BCUT2D eigenvalue weighted by Crippen LogP contribution is 2.21. The highest BCUT2D eigenvalue weighted by Gasteiger charge is 2.24. The molecule has 136 valence electrons. The third kappa shape index (κ3) is 7.08. The summed E-state index contributed by atoms with van der Waals surface area (Å²) in [7, 11) is 3.59. The first-order chi connectivity index (χ1) is 10.8. The Kier molecular flexibility index (Phi) is 8.34. The number of hydrogen-bond donors (Lipinski definition) is 2. The molecule has 0 amide bonds. The minimum absolute atomic E-state index is 0.110. The highest BCUT2D eigenvalue weighted by atomic mass is 16.5. The van der Waals surface area contributed by atoms with Crippen LogP contribution in [-0.4, -0.2) is 63.3 Å². The Morgan fingerprint density at radius 3 is 2.26 bits per heavy atom. The van der Waals surface area contributed by atoms with E-state index in [0.29, 0.717) is 6.04 Å². The summed E-state index contributed by atoms with van der Waals surface area (Å²) in [5, 5.41) is 6.84. The molecular weight excluding hydrogens is 288 g/mol. The lowest BCUT2D eigenvalue weighted by molar-refractivity contribution is 0.0205. The van der Waals surface area contributed by atoms with Gasteiger partial charge in [-0.15, -0.1) is 0 Å². The average Bonchev–Trinajstić information content (AvgIpc) is 2.50. The molecule has 0 aliphatic carbocycles. The van der Waals surface area contributed by atoms with Crippen LogP contribution in [0.5, 0.6) is 0 Å². The second-order valence-electron chi connectivity index (χ2n) is 7.99. The molecule has 0 aromatic heterocycles. The minimum Gasteiger partial charge on any atom is -0.379 e. The van der Waals surface area contributed by atoms with E-state index in [4.69, 9.17) is 4.74 Å². The van der Waals surface area contributed by atoms with Crippen LogP contribution in [0.3, 0.4) is 0 Å². The lowest BCUT2D eigenvalue weighted by Gasteiger charge is -2.35. The summed E-state index contributed by atoms with van der Waals surface area (Å²) in [5.74, 6) is 1.73. The predicted octanol–water partition coefficient (Wildman–Crippen LogP) is 2.33. The van der Waals surface area contributed by atoms with Gasteiger partial charge in [0.2, 0.25) is 0 Å². The molecule has 2 unspecified atom stereocenters. The van der Waals surface area contributed by atoms with Gasteiger partial charge >= 0.3 is 0 Å². The summed E-state index contributed by atoms with van der Waals surface area (Å²) in [4.78, 5) is 6.90. The van der Waals surface area contributed by atoms with E-state index < -0.39 is 0 Å². The molecule has 0 aromatic rings. The van der Waals surface area contributed by atoms with Crippen molar-refractivity contribution in [1.82, 2.24) is 15.5 Å². The van der Waals surface area contributed by atoms with Gasteiger partial charge < -0.3 is 15.4 Å². The molecule has 2 N–H and O–H groups in total. The Labute approximate surface area is 143 Å². The first kappa shape index (κ1) is 20.2. The Balaban J connectivity index is 2.36. The van der Waals surface area contributed by atoms with E-state index >= 15 is 0 Å². The van der Waals surface area contributed by atoms with Gasteiger partial charge in [-0.1, -0.05) is 27.7 Å². The van der Waals surface area contributed by atoms with Crippen molar-refractivity contribution in [2.24, 2.45) is 16.3 Å². The number of hydrogen-bond acceptors (Lipinski definition) is 3. The first-order valence-electron chi connectivity index (χ1n) is 8.99. The Morgan fingerprint density at radius 1 is 1.22 bits per heavy atom. The summed E-state index contributed by atoms with van der Waals surface area (Å²) in [5.41, 5.74) is 0.110. The number of guanidine groups is 1. The molecule has 1 heterocycles. The SMILES string of the molecule is CN=C(NCC(C)N1CCC(C)CC1)NCC(OC)C(C)(C)C. The summed E-state index contributed by atoms with van der Waals surface area (Å²) in [6.45, 7) is 15.3. The molecule has 5 heteroatoms. The molecule has 0 radical (unpaired) electrons. The molecule has 0 spiro atoms. The largest absolute Gasteiger partial charge is 0.379 e. The van der Waals surface area contributed by atoms with Crippen molar-refractivity contribution in [2.75, 3.05) is 40.3 Å². The van der Waals surface area contributed by atoms with E-state index in [-0.39, 0.29) is 11.5 Å². The van der Waals surface area contributed by atoms with Gasteiger partial charge in [-0.3, -0.25) is 9.89 Å². The molecule has 1 rings (SSSR count). The van der Waals surface area contributed by atoms with Crippen molar-refractivity contribution in [3.63, 3.8) is 0 Å². The fraction of sp³-hybridized carbons (Fsp3) is 0.944. The maximum Gasteiger partial charge on any atom is 0.191 e. The van der Waals surface area contributed by atoms with Gasteiger partial charge in [0.25, 0.3) is 0 Å². The number of methoxy groups -OCH3 is 1. The van der Waals surface area contributed by atoms with Crippen molar-refractivity contribution >= 4 is 5.96 Å². The van der Waals surface area contributed by atoms with Gasteiger partial charge in [0.1, 0.15) is 0 Å². The number of aliphatic imine (C=N–C) groups is 1. The van der Waals surface area contributed by atoms with Gasteiger partial charge in [-0.05, 0) is 44.2 Å². The smallest absolute Gasteiger partial charge is 0.191 e. The van der Waals surface area contributed by atoms with Crippen molar-refractivity contribution < 1.29 is 4.74 Å². The Hall–Kier alpha value is -0.810. The number of piperidine rings is 1. The van der Waals surface area contributed by atoms with Crippen LogP contribution < -0.4 is 10.6 Å². The molecule has 5 nitrogen and oxygen atoms in total. The number of nitrogens with zero attached hydrogens (tertiary/aromatic N) is 2.